The highest BCUT2D eigenvalue weighted by Gasteiger charge is 2.26. The molecule has 0 amide bonds. The molecule has 0 N–H and O–H groups in total. The lowest BCUT2D eigenvalue weighted by molar-refractivity contribution is 1.18. The lowest BCUT2D eigenvalue weighted by Crippen LogP contribution is -2.10. The molecule has 0 spiro atoms. The summed E-state index contributed by atoms with van der Waals surface area (Å²) < 4.78 is 4.76. The highest BCUT2D eigenvalue weighted by molar-refractivity contribution is 6.25. The van der Waals surface area contributed by atoms with Crippen LogP contribution in [0.25, 0.3) is 197 Å². The zero-order chi connectivity index (χ0) is 87.2. The van der Waals surface area contributed by atoms with Crippen molar-refractivity contribution in [3.05, 3.63) is 496 Å². The number of para-hydroxylation sites is 4. The summed E-state index contributed by atoms with van der Waals surface area (Å²) >= 11 is 0. The Morgan fingerprint density at radius 3 is 0.779 bits per heavy atom. The fourth-order valence-electron chi connectivity index (χ4n) is 21.3. The van der Waals surface area contributed by atoms with Crippen molar-refractivity contribution in [1.82, 2.24) is 9.13 Å². The molecule has 0 saturated heterocycles. The zero-order valence-electron chi connectivity index (χ0n) is 72.9. The molecule has 2 heterocycles. The molecule has 0 aliphatic carbocycles. The summed E-state index contributed by atoms with van der Waals surface area (Å²) in [6, 6.07) is 176. The maximum atomic E-state index is 2.41. The van der Waals surface area contributed by atoms with Crippen molar-refractivity contribution < 1.29 is 0 Å². The van der Waals surface area contributed by atoms with Crippen LogP contribution in [0.5, 0.6) is 0 Å². The normalized spacial score (nSPS) is 11.6. The second kappa shape index (κ2) is 32.5. The highest BCUT2D eigenvalue weighted by atomic mass is 15.1. The molecular formula is C127H88N4. The minimum atomic E-state index is 1.09. The summed E-state index contributed by atoms with van der Waals surface area (Å²) in [5, 5.41) is 22.5. The monoisotopic (exact) mass is 1670 g/mol. The summed E-state index contributed by atoms with van der Waals surface area (Å²) in [5.41, 5.74) is 32.4. The SMILES string of the molecule is Cc1cc(C)c(-c2c3ccccc3c(-c3ccc(N(c4ccc(-c5cccc6ccccc56)cc4)c4ccc5c(c4)c4ccccc4n5-c4ccccc4)cc3)c3ccccc23)c(C)c1.c1ccc(-n2c3ccccc3c3cc(N(c4ccc(-c5cccc6ccccc56)cc4)c4ccc(-c5c6ccccc6c(-c6cccc7ccccc67)c6ccccc56)cc4)ccc32)cc1. The van der Waals surface area contributed by atoms with Gasteiger partial charge in [0.15, 0.2) is 0 Å². The number of hydrogen-bond acceptors (Lipinski definition) is 2. The van der Waals surface area contributed by atoms with Gasteiger partial charge in [0.05, 0.1) is 22.1 Å². The van der Waals surface area contributed by atoms with Crippen molar-refractivity contribution in [3.8, 4) is 78.1 Å². The Morgan fingerprint density at radius 1 is 0.160 bits per heavy atom. The van der Waals surface area contributed by atoms with Crippen LogP contribution in [0.1, 0.15) is 16.7 Å². The summed E-state index contributed by atoms with van der Waals surface area (Å²) in [5.74, 6) is 0. The molecule has 2 aromatic heterocycles. The topological polar surface area (TPSA) is 16.3 Å². The van der Waals surface area contributed by atoms with Crippen molar-refractivity contribution in [2.24, 2.45) is 0 Å². The molecule has 0 radical (unpaired) electrons. The van der Waals surface area contributed by atoms with E-state index in [1.54, 1.807) is 0 Å². The molecule has 0 unspecified atom stereocenters. The van der Waals surface area contributed by atoms with Crippen LogP contribution >= 0.6 is 0 Å². The van der Waals surface area contributed by atoms with Crippen LogP contribution in [-0.2, 0) is 0 Å². The van der Waals surface area contributed by atoms with Crippen molar-refractivity contribution in [2.75, 3.05) is 9.80 Å². The van der Waals surface area contributed by atoms with Crippen LogP contribution in [0.15, 0.2) is 479 Å². The van der Waals surface area contributed by atoms with Gasteiger partial charge in [0.25, 0.3) is 0 Å². The molecule has 25 aromatic rings. The Bertz CT molecular complexity index is 8630. The minimum absolute atomic E-state index is 1.09. The van der Waals surface area contributed by atoms with Crippen LogP contribution in [0.2, 0.25) is 0 Å². The third kappa shape index (κ3) is 13.5. The van der Waals surface area contributed by atoms with E-state index in [0.717, 1.165) is 45.5 Å². The number of hydrogen-bond donors (Lipinski definition) is 0. The third-order valence-electron chi connectivity index (χ3n) is 27.0. The average Bonchev–Trinajstić information content (AvgIpc) is 1.68. The second-order valence-electron chi connectivity index (χ2n) is 34.7. The molecule has 4 heteroatoms. The van der Waals surface area contributed by atoms with E-state index in [0.29, 0.717) is 0 Å². The number of aryl methyl sites for hydroxylation is 3. The first-order valence-corrected chi connectivity index (χ1v) is 45.3. The van der Waals surface area contributed by atoms with Gasteiger partial charge in [0.2, 0.25) is 0 Å². The molecule has 0 saturated carbocycles. The molecule has 0 aliphatic rings. The molecule has 0 bridgehead atoms. The molecular weight excluding hydrogens is 1580 g/mol. The molecule has 23 aromatic carbocycles. The number of rotatable bonds is 14. The molecule has 0 aliphatic heterocycles. The van der Waals surface area contributed by atoms with Gasteiger partial charge < -0.3 is 18.9 Å². The quantitative estimate of drug-likeness (QED) is 0.101. The summed E-state index contributed by atoms with van der Waals surface area (Å²) in [7, 11) is 0. The van der Waals surface area contributed by atoms with Crippen LogP contribution in [0.4, 0.5) is 34.1 Å². The Morgan fingerprint density at radius 2 is 0.420 bits per heavy atom. The first-order chi connectivity index (χ1) is 64.8. The van der Waals surface area contributed by atoms with E-state index in [4.69, 9.17) is 0 Å². The van der Waals surface area contributed by atoms with Gasteiger partial charge in [0, 0.05) is 67.0 Å². The Hall–Kier alpha value is -16.9. The molecule has 0 atom stereocenters. The van der Waals surface area contributed by atoms with Gasteiger partial charge in [-0.2, -0.15) is 0 Å². The number of nitrogens with zero attached hydrogens (tertiary/aromatic N) is 4. The first-order valence-electron chi connectivity index (χ1n) is 45.3. The number of benzene rings is 23. The number of aromatic nitrogens is 2. The van der Waals surface area contributed by atoms with Gasteiger partial charge in [-0.3, -0.25) is 0 Å². The van der Waals surface area contributed by atoms with Crippen molar-refractivity contribution in [2.45, 2.75) is 20.8 Å². The van der Waals surface area contributed by atoms with E-state index in [2.05, 4.69) is 519 Å². The predicted octanol–water partition coefficient (Wildman–Crippen LogP) is 35.5. The highest BCUT2D eigenvalue weighted by Crippen LogP contribution is 2.51. The molecule has 25 rings (SSSR count). The number of anilines is 6. The smallest absolute Gasteiger partial charge is 0.0542 e. The van der Waals surface area contributed by atoms with Crippen LogP contribution < -0.4 is 9.80 Å². The molecule has 4 nitrogen and oxygen atoms in total. The maximum Gasteiger partial charge on any atom is 0.0542 e. The first kappa shape index (κ1) is 77.6. The van der Waals surface area contributed by atoms with Crippen molar-refractivity contribution >= 4 is 153 Å². The fourth-order valence-corrected chi connectivity index (χ4v) is 21.3. The van der Waals surface area contributed by atoms with Gasteiger partial charge in [-0.05, 0) is 295 Å². The zero-order valence-corrected chi connectivity index (χ0v) is 72.9. The van der Waals surface area contributed by atoms with E-state index < -0.39 is 0 Å². The predicted molar refractivity (Wildman–Crippen MR) is 560 cm³/mol. The minimum Gasteiger partial charge on any atom is -0.310 e. The fraction of sp³-hybridized carbons (Fsp3) is 0.0236. The van der Waals surface area contributed by atoms with Crippen LogP contribution in [0.3, 0.4) is 0 Å². The van der Waals surface area contributed by atoms with Gasteiger partial charge in [0.1, 0.15) is 0 Å². The van der Waals surface area contributed by atoms with Gasteiger partial charge >= 0.3 is 0 Å². The van der Waals surface area contributed by atoms with Gasteiger partial charge in [-0.25, -0.2) is 0 Å². The largest absolute Gasteiger partial charge is 0.310 e. The van der Waals surface area contributed by atoms with E-state index in [1.165, 1.54) is 202 Å². The summed E-state index contributed by atoms with van der Waals surface area (Å²) in [6.45, 7) is 6.71. The van der Waals surface area contributed by atoms with Crippen LogP contribution in [0, 0.1) is 20.8 Å². The van der Waals surface area contributed by atoms with Gasteiger partial charge in [-0.15, -0.1) is 0 Å². The average molecular weight is 1670 g/mol. The Kier molecular flexibility index (Phi) is 19.3. The Balaban J connectivity index is 0.000000145. The lowest BCUT2D eigenvalue weighted by atomic mass is 9.83. The van der Waals surface area contributed by atoms with E-state index >= 15 is 0 Å². The lowest BCUT2D eigenvalue weighted by Gasteiger charge is -2.26. The van der Waals surface area contributed by atoms with E-state index in [-0.39, 0.29) is 0 Å². The van der Waals surface area contributed by atoms with Crippen LogP contribution in [-0.4, -0.2) is 9.13 Å². The maximum absolute atomic E-state index is 2.41. The molecule has 131 heavy (non-hydrogen) atoms. The van der Waals surface area contributed by atoms with Gasteiger partial charge in [-0.1, -0.05) is 363 Å². The van der Waals surface area contributed by atoms with E-state index in [1.807, 2.05) is 0 Å². The van der Waals surface area contributed by atoms with Crippen molar-refractivity contribution in [1.29, 1.82) is 0 Å². The second-order valence-corrected chi connectivity index (χ2v) is 34.7. The molecule has 616 valence electrons. The summed E-state index contributed by atoms with van der Waals surface area (Å²) in [6.07, 6.45) is 0. The Labute approximate surface area is 761 Å². The van der Waals surface area contributed by atoms with Crippen molar-refractivity contribution in [3.63, 3.8) is 0 Å². The summed E-state index contributed by atoms with van der Waals surface area (Å²) in [4.78, 5) is 4.82. The number of fused-ring (bicyclic) bond motifs is 13. The van der Waals surface area contributed by atoms with E-state index in [9.17, 15) is 0 Å². The standard InChI is InChI=1S/C64H42N2.C63H46N2/c1-2-20-47(21-3-1)66-61-31-13-12-24-54(61)60-42-50(40-41-62(60)66)65(48-36-32-45(33-37-48)52-29-14-18-43-16-4-6-22-51(43)52)49-38-34-46(35-39-49)63-56-25-8-10-27-58(56)64(59-28-11-9-26-57(59)63)55-30-15-19-44-17-5-7-23-53(44)55;1-41-38-42(2)61(43(3)39-41)63-56-24-11-9-22-54(56)62(55-23-10-12-25-57(55)63)46-30-34-49(35-31-46)64(48-32-28-45(29-33-48)52-26-15-17-44-16-7-8-20-51(44)52)50-36-37-60-58(40-50)53-21-13-14-27-59(53)65(60)47-18-5-4-6-19-47/h1-42H;4-40H,1-3H3. The molecule has 0 fully saturated rings. The third-order valence-corrected chi connectivity index (χ3v) is 27.0.